The van der Waals surface area contributed by atoms with Crippen LogP contribution >= 0.6 is 11.8 Å². The lowest BCUT2D eigenvalue weighted by molar-refractivity contribution is 0.406. The van der Waals surface area contributed by atoms with Gasteiger partial charge in [-0.1, -0.05) is 26.7 Å². The first-order valence-corrected chi connectivity index (χ1v) is 7.10. The number of aromatic nitrogens is 2. The summed E-state index contributed by atoms with van der Waals surface area (Å²) in [4.78, 5) is 0. The minimum atomic E-state index is 0.312. The van der Waals surface area contributed by atoms with Crippen LogP contribution in [0.25, 0.3) is 0 Å². The van der Waals surface area contributed by atoms with Gasteiger partial charge in [-0.25, -0.2) is 0 Å². The van der Waals surface area contributed by atoms with Crippen molar-refractivity contribution in [1.82, 2.24) is 10.2 Å². The molecule has 15 heavy (non-hydrogen) atoms. The van der Waals surface area contributed by atoms with Crippen molar-refractivity contribution in [3.63, 3.8) is 0 Å². The van der Waals surface area contributed by atoms with Gasteiger partial charge in [0.1, 0.15) is 0 Å². The number of H-pyrrole nitrogens is 1. The van der Waals surface area contributed by atoms with E-state index in [2.05, 4.69) is 36.5 Å². The molecule has 0 fully saturated rings. The predicted octanol–water partition coefficient (Wildman–Crippen LogP) is 3.61. The topological polar surface area (TPSA) is 28.7 Å². The highest BCUT2D eigenvalue weighted by molar-refractivity contribution is 7.98. The molecule has 1 N–H and O–H groups in total. The summed E-state index contributed by atoms with van der Waals surface area (Å²) in [5.41, 5.74) is 1.68. The van der Waals surface area contributed by atoms with Crippen LogP contribution in [0, 0.1) is 0 Å². The van der Waals surface area contributed by atoms with Gasteiger partial charge in [-0.2, -0.15) is 16.9 Å². The number of rotatable bonds is 7. The van der Waals surface area contributed by atoms with Crippen molar-refractivity contribution < 1.29 is 0 Å². The van der Waals surface area contributed by atoms with Crippen molar-refractivity contribution >= 4 is 11.8 Å². The Hall–Kier alpha value is -0.440. The molecule has 1 aromatic rings. The summed E-state index contributed by atoms with van der Waals surface area (Å²) in [6, 6.07) is 0. The maximum Gasteiger partial charge on any atom is 0.0524 e. The minimum Gasteiger partial charge on any atom is -0.285 e. The third-order valence-corrected chi connectivity index (χ3v) is 3.75. The van der Waals surface area contributed by atoms with E-state index in [1.807, 2.05) is 18.0 Å². The van der Waals surface area contributed by atoms with Crippen LogP contribution < -0.4 is 0 Å². The molecule has 0 bridgehead atoms. The molecule has 0 aliphatic heterocycles. The number of hydrogen-bond donors (Lipinski definition) is 1. The quantitative estimate of drug-likeness (QED) is 0.769. The van der Waals surface area contributed by atoms with Gasteiger partial charge in [-0.05, 0) is 35.8 Å². The summed E-state index contributed by atoms with van der Waals surface area (Å²) in [6.45, 7) is 4.62. The third kappa shape index (κ3) is 3.56. The fourth-order valence-electron chi connectivity index (χ4n) is 1.89. The second kappa shape index (κ2) is 6.21. The minimum absolute atomic E-state index is 0.312. The molecular formula is C12H22N2S. The molecule has 0 saturated heterocycles. The van der Waals surface area contributed by atoms with Crippen molar-refractivity contribution in [3.8, 4) is 0 Å². The average molecular weight is 226 g/mol. The van der Waals surface area contributed by atoms with Gasteiger partial charge in [-0.15, -0.1) is 0 Å². The molecule has 1 unspecified atom stereocenters. The molecule has 1 rings (SSSR count). The van der Waals surface area contributed by atoms with Gasteiger partial charge in [-0.3, -0.25) is 5.10 Å². The molecule has 0 amide bonds. The summed E-state index contributed by atoms with van der Waals surface area (Å²) >= 11 is 1.93. The Balaban J connectivity index is 2.67. The Bertz CT molecular complexity index is 249. The van der Waals surface area contributed by atoms with Crippen molar-refractivity contribution in [1.29, 1.82) is 0 Å². The number of nitrogens with one attached hydrogen (secondary N) is 1. The van der Waals surface area contributed by atoms with Gasteiger partial charge in [0, 0.05) is 6.20 Å². The van der Waals surface area contributed by atoms with Crippen LogP contribution in [0.15, 0.2) is 12.4 Å². The van der Waals surface area contributed by atoms with Gasteiger partial charge in [0.2, 0.25) is 0 Å². The second-order valence-electron chi connectivity index (χ2n) is 4.39. The van der Waals surface area contributed by atoms with E-state index in [0.717, 1.165) is 0 Å². The Morgan fingerprint density at radius 3 is 2.80 bits per heavy atom. The molecule has 0 spiro atoms. The molecule has 0 aromatic carbocycles. The first-order chi connectivity index (χ1) is 7.23. The zero-order valence-corrected chi connectivity index (χ0v) is 10.9. The molecule has 1 heterocycles. The van der Waals surface area contributed by atoms with Crippen molar-refractivity contribution in [2.75, 3.05) is 12.0 Å². The van der Waals surface area contributed by atoms with E-state index in [0.29, 0.717) is 5.41 Å². The normalized spacial score (nSPS) is 15.1. The smallest absolute Gasteiger partial charge is 0.0524 e. The molecular weight excluding hydrogens is 204 g/mol. The molecule has 0 saturated carbocycles. The molecule has 0 aliphatic rings. The van der Waals surface area contributed by atoms with E-state index in [1.54, 1.807) is 0 Å². The molecule has 1 aromatic heterocycles. The lowest BCUT2D eigenvalue weighted by atomic mass is 9.77. The van der Waals surface area contributed by atoms with Gasteiger partial charge >= 0.3 is 0 Å². The largest absolute Gasteiger partial charge is 0.285 e. The van der Waals surface area contributed by atoms with Crippen molar-refractivity contribution in [3.05, 3.63) is 18.0 Å². The Morgan fingerprint density at radius 2 is 2.27 bits per heavy atom. The Morgan fingerprint density at radius 1 is 1.47 bits per heavy atom. The van der Waals surface area contributed by atoms with E-state index < -0.39 is 0 Å². The number of unbranched alkanes of at least 4 members (excludes halogenated alkanes) is 1. The van der Waals surface area contributed by atoms with Crippen LogP contribution in [0.4, 0.5) is 0 Å². The molecule has 0 radical (unpaired) electrons. The van der Waals surface area contributed by atoms with E-state index >= 15 is 0 Å². The van der Waals surface area contributed by atoms with Gasteiger partial charge in [0.25, 0.3) is 0 Å². The van der Waals surface area contributed by atoms with Gasteiger partial charge < -0.3 is 0 Å². The van der Waals surface area contributed by atoms with E-state index in [-0.39, 0.29) is 0 Å². The molecule has 3 heteroatoms. The van der Waals surface area contributed by atoms with Crippen LogP contribution in [0.2, 0.25) is 0 Å². The summed E-state index contributed by atoms with van der Waals surface area (Å²) in [7, 11) is 0. The highest BCUT2D eigenvalue weighted by Crippen LogP contribution is 2.33. The predicted molar refractivity (Wildman–Crippen MR) is 68.5 cm³/mol. The number of aromatic amines is 1. The van der Waals surface area contributed by atoms with Gasteiger partial charge in [0.05, 0.1) is 6.20 Å². The molecule has 86 valence electrons. The van der Waals surface area contributed by atoms with Crippen LogP contribution in [0.3, 0.4) is 0 Å². The highest BCUT2D eigenvalue weighted by atomic mass is 32.2. The van der Waals surface area contributed by atoms with Crippen LogP contribution in [-0.4, -0.2) is 22.2 Å². The SMILES string of the molecule is CCCCC(C)(CCSC)c1cn[nH]c1. The maximum atomic E-state index is 4.07. The van der Waals surface area contributed by atoms with Crippen LogP contribution in [0.1, 0.15) is 45.1 Å². The van der Waals surface area contributed by atoms with Gasteiger partial charge in [0.15, 0.2) is 0 Å². The summed E-state index contributed by atoms with van der Waals surface area (Å²) in [5.74, 6) is 1.23. The zero-order chi connectivity index (χ0) is 11.1. The lowest BCUT2D eigenvalue weighted by Crippen LogP contribution is -2.22. The van der Waals surface area contributed by atoms with Crippen molar-refractivity contribution in [2.45, 2.75) is 44.9 Å². The zero-order valence-electron chi connectivity index (χ0n) is 10.0. The number of nitrogens with zero attached hydrogens (tertiary/aromatic N) is 1. The molecule has 0 aliphatic carbocycles. The summed E-state index contributed by atoms with van der Waals surface area (Å²) < 4.78 is 0. The lowest BCUT2D eigenvalue weighted by Gasteiger charge is -2.28. The highest BCUT2D eigenvalue weighted by Gasteiger charge is 2.26. The standard InChI is InChI=1S/C12H22N2S/c1-4-5-6-12(2,7-8-15-3)11-9-13-14-10-11/h9-10H,4-8H2,1-3H3,(H,13,14). The fraction of sp³-hybridized carbons (Fsp3) is 0.750. The van der Waals surface area contributed by atoms with E-state index in [4.69, 9.17) is 0 Å². The molecule has 2 nitrogen and oxygen atoms in total. The van der Waals surface area contributed by atoms with Crippen LogP contribution in [-0.2, 0) is 5.41 Å². The second-order valence-corrected chi connectivity index (χ2v) is 5.38. The monoisotopic (exact) mass is 226 g/mol. The van der Waals surface area contributed by atoms with Crippen LogP contribution in [0.5, 0.6) is 0 Å². The maximum absolute atomic E-state index is 4.07. The Labute approximate surface area is 97.2 Å². The fourth-order valence-corrected chi connectivity index (χ4v) is 2.54. The Kier molecular flexibility index (Phi) is 5.23. The summed E-state index contributed by atoms with van der Waals surface area (Å²) in [5, 5.41) is 7.00. The average Bonchev–Trinajstić information content (AvgIpc) is 2.77. The number of hydrogen-bond acceptors (Lipinski definition) is 2. The molecule has 1 atom stereocenters. The first kappa shape index (κ1) is 12.6. The van der Waals surface area contributed by atoms with Crippen molar-refractivity contribution in [2.24, 2.45) is 0 Å². The van der Waals surface area contributed by atoms with E-state index in [9.17, 15) is 0 Å². The number of thioether (sulfide) groups is 1. The summed E-state index contributed by atoms with van der Waals surface area (Å²) in [6.07, 6.45) is 11.3. The van der Waals surface area contributed by atoms with E-state index in [1.165, 1.54) is 37.0 Å². The third-order valence-electron chi connectivity index (χ3n) is 3.14. The first-order valence-electron chi connectivity index (χ1n) is 5.71.